The van der Waals surface area contributed by atoms with Crippen molar-refractivity contribution in [3.8, 4) is 11.3 Å². The predicted molar refractivity (Wildman–Crippen MR) is 126 cm³/mol. The first-order chi connectivity index (χ1) is 15.4. The van der Waals surface area contributed by atoms with Gasteiger partial charge in [0, 0.05) is 49.2 Å². The molecular formula is C26H35N3O3. The Morgan fingerprint density at radius 1 is 1.12 bits per heavy atom. The molecule has 2 aliphatic heterocycles. The van der Waals surface area contributed by atoms with Gasteiger partial charge in [-0.2, -0.15) is 0 Å². The summed E-state index contributed by atoms with van der Waals surface area (Å²) >= 11 is 0. The van der Waals surface area contributed by atoms with Crippen LogP contribution in [-0.4, -0.2) is 71.5 Å². The van der Waals surface area contributed by atoms with Crippen LogP contribution in [0.1, 0.15) is 48.7 Å². The summed E-state index contributed by atoms with van der Waals surface area (Å²) in [6.07, 6.45) is 4.67. The molecule has 0 saturated carbocycles. The Balaban J connectivity index is 1.41. The van der Waals surface area contributed by atoms with Gasteiger partial charge in [-0.05, 0) is 58.2 Å². The van der Waals surface area contributed by atoms with Crippen LogP contribution in [-0.2, 0) is 16.1 Å². The van der Waals surface area contributed by atoms with E-state index in [9.17, 15) is 9.59 Å². The number of ketones is 1. The first-order valence-electron chi connectivity index (χ1n) is 11.8. The van der Waals surface area contributed by atoms with E-state index in [-0.39, 0.29) is 18.2 Å². The molecule has 0 aliphatic carbocycles. The number of hydrogen-bond acceptors (Lipinski definition) is 4. The van der Waals surface area contributed by atoms with Crippen LogP contribution in [0.2, 0.25) is 0 Å². The summed E-state index contributed by atoms with van der Waals surface area (Å²) < 4.78 is 7.79. The van der Waals surface area contributed by atoms with E-state index in [1.807, 2.05) is 52.8 Å². The molecule has 0 bridgehead atoms. The molecule has 2 aliphatic rings. The predicted octanol–water partition coefficient (Wildman–Crippen LogP) is 3.77. The number of ether oxygens (including phenoxy) is 1. The minimum absolute atomic E-state index is 0.0287. The van der Waals surface area contributed by atoms with Gasteiger partial charge in [0.25, 0.3) is 0 Å². The largest absolute Gasteiger partial charge is 0.377 e. The molecule has 0 spiro atoms. The Labute approximate surface area is 191 Å². The highest BCUT2D eigenvalue weighted by Gasteiger charge is 2.28. The van der Waals surface area contributed by atoms with Crippen molar-refractivity contribution in [2.45, 2.75) is 58.2 Å². The van der Waals surface area contributed by atoms with E-state index in [4.69, 9.17) is 4.74 Å². The van der Waals surface area contributed by atoms with E-state index in [1.165, 1.54) is 6.42 Å². The molecule has 4 rings (SSSR count). The smallest absolute Gasteiger partial charge is 0.242 e. The fraction of sp³-hybridized carbons (Fsp3) is 0.538. The van der Waals surface area contributed by atoms with Gasteiger partial charge in [-0.1, -0.05) is 30.3 Å². The number of benzene rings is 1. The average Bonchev–Trinajstić information content (AvgIpc) is 3.42. The van der Waals surface area contributed by atoms with Gasteiger partial charge in [0.1, 0.15) is 6.54 Å². The Kier molecular flexibility index (Phi) is 7.11. The highest BCUT2D eigenvalue weighted by molar-refractivity contribution is 5.97. The first-order valence-corrected chi connectivity index (χ1v) is 11.8. The molecule has 6 nitrogen and oxygen atoms in total. The van der Waals surface area contributed by atoms with Gasteiger partial charge in [0.15, 0.2) is 5.78 Å². The maximum Gasteiger partial charge on any atom is 0.242 e. The van der Waals surface area contributed by atoms with Crippen molar-refractivity contribution in [2.75, 3.05) is 33.3 Å². The van der Waals surface area contributed by atoms with Gasteiger partial charge in [-0.15, -0.1) is 0 Å². The van der Waals surface area contributed by atoms with Crippen LogP contribution in [0.4, 0.5) is 0 Å². The van der Waals surface area contributed by atoms with Crippen LogP contribution >= 0.6 is 0 Å². The topological polar surface area (TPSA) is 54.8 Å². The molecule has 2 fully saturated rings. The molecule has 172 valence electrons. The maximum atomic E-state index is 13.2. The first kappa shape index (κ1) is 22.7. The van der Waals surface area contributed by atoms with E-state index in [0.717, 1.165) is 62.5 Å². The van der Waals surface area contributed by atoms with Crippen LogP contribution in [0.25, 0.3) is 11.3 Å². The summed E-state index contributed by atoms with van der Waals surface area (Å²) in [6.45, 7) is 7.21. The van der Waals surface area contributed by atoms with Gasteiger partial charge < -0.3 is 19.1 Å². The number of carbonyl (C=O) groups excluding carboxylic acids is 2. The van der Waals surface area contributed by atoms with E-state index < -0.39 is 0 Å². The molecule has 1 aromatic carbocycles. The highest BCUT2D eigenvalue weighted by Crippen LogP contribution is 2.27. The summed E-state index contributed by atoms with van der Waals surface area (Å²) in [4.78, 5) is 29.8. The number of hydrogen-bond donors (Lipinski definition) is 0. The van der Waals surface area contributed by atoms with E-state index in [2.05, 4.69) is 11.9 Å². The van der Waals surface area contributed by atoms with Crippen LogP contribution in [0.3, 0.4) is 0 Å². The normalized spacial score (nSPS) is 19.6. The number of piperidine rings is 1. The lowest BCUT2D eigenvalue weighted by atomic mass is 10.0. The number of likely N-dealkylation sites (tertiary alicyclic amines) is 1. The van der Waals surface area contributed by atoms with Gasteiger partial charge in [0.2, 0.25) is 5.91 Å². The Morgan fingerprint density at radius 3 is 2.47 bits per heavy atom. The molecule has 3 heterocycles. The standard InChI is InChI=1S/C26H35N3O3/c1-19-24(20(2)30)16-25(21-8-5-4-6-9-21)29(19)18-26(31)28-13-11-22(12-14-28)27(3)17-23-10-7-15-32-23/h4-6,8-9,16,22-23H,7,10-15,17-18H2,1-3H3/t23-/m1/s1. The van der Waals surface area contributed by atoms with Crippen molar-refractivity contribution >= 4 is 11.7 Å². The minimum Gasteiger partial charge on any atom is -0.377 e. The van der Waals surface area contributed by atoms with Crippen LogP contribution < -0.4 is 0 Å². The highest BCUT2D eigenvalue weighted by atomic mass is 16.5. The molecule has 6 heteroatoms. The average molecular weight is 438 g/mol. The van der Waals surface area contributed by atoms with Crippen LogP contribution in [0.5, 0.6) is 0 Å². The van der Waals surface area contributed by atoms with Crippen LogP contribution in [0.15, 0.2) is 36.4 Å². The molecular weight excluding hydrogens is 402 g/mol. The summed E-state index contributed by atoms with van der Waals surface area (Å²) in [5.41, 5.74) is 3.49. The summed E-state index contributed by atoms with van der Waals surface area (Å²) in [5, 5.41) is 0. The van der Waals surface area contributed by atoms with E-state index >= 15 is 0 Å². The quantitative estimate of drug-likeness (QED) is 0.619. The van der Waals surface area contributed by atoms with E-state index in [1.54, 1.807) is 6.92 Å². The van der Waals surface area contributed by atoms with Crippen molar-refractivity contribution < 1.29 is 14.3 Å². The second kappa shape index (κ2) is 10.0. The SMILES string of the molecule is CC(=O)c1cc(-c2ccccc2)n(CC(=O)N2CCC(N(C)C[C@H]3CCCO3)CC2)c1C. The molecule has 1 aromatic heterocycles. The zero-order chi connectivity index (χ0) is 22.7. The zero-order valence-electron chi connectivity index (χ0n) is 19.5. The van der Waals surface area contributed by atoms with Crippen molar-refractivity contribution in [3.05, 3.63) is 47.7 Å². The number of aromatic nitrogens is 1. The fourth-order valence-electron chi connectivity index (χ4n) is 5.10. The third kappa shape index (κ3) is 4.97. The molecule has 0 radical (unpaired) electrons. The number of Topliss-reactive ketones (excluding diaryl/α,β-unsaturated/α-hetero) is 1. The summed E-state index contributed by atoms with van der Waals surface area (Å²) in [6, 6.07) is 12.4. The van der Waals surface area contributed by atoms with Gasteiger partial charge in [-0.3, -0.25) is 9.59 Å². The maximum absolute atomic E-state index is 13.2. The second-order valence-electron chi connectivity index (χ2n) is 9.22. The summed E-state index contributed by atoms with van der Waals surface area (Å²) in [7, 11) is 2.18. The van der Waals surface area contributed by atoms with Crippen LogP contribution in [0, 0.1) is 6.92 Å². The fourth-order valence-corrected chi connectivity index (χ4v) is 5.10. The minimum atomic E-state index is 0.0287. The van der Waals surface area contributed by atoms with Crippen molar-refractivity contribution in [3.63, 3.8) is 0 Å². The van der Waals surface area contributed by atoms with Crippen molar-refractivity contribution in [1.29, 1.82) is 0 Å². The molecule has 0 unspecified atom stereocenters. The summed E-state index contributed by atoms with van der Waals surface area (Å²) in [5.74, 6) is 0.150. The van der Waals surface area contributed by atoms with Gasteiger partial charge in [-0.25, -0.2) is 0 Å². The lowest BCUT2D eigenvalue weighted by molar-refractivity contribution is -0.133. The second-order valence-corrected chi connectivity index (χ2v) is 9.22. The number of likely N-dealkylation sites (N-methyl/N-ethyl adjacent to an activating group) is 1. The lowest BCUT2D eigenvalue weighted by Gasteiger charge is -2.37. The Morgan fingerprint density at radius 2 is 1.84 bits per heavy atom. The zero-order valence-corrected chi connectivity index (χ0v) is 19.5. The van der Waals surface area contributed by atoms with Crippen molar-refractivity contribution in [1.82, 2.24) is 14.4 Å². The Hall–Kier alpha value is -2.44. The molecule has 0 N–H and O–H groups in total. The molecule has 2 aromatic rings. The van der Waals surface area contributed by atoms with Gasteiger partial charge >= 0.3 is 0 Å². The number of rotatable bonds is 7. The molecule has 1 amide bonds. The molecule has 32 heavy (non-hydrogen) atoms. The van der Waals surface area contributed by atoms with Gasteiger partial charge in [0.05, 0.1) is 6.10 Å². The Bertz CT molecular complexity index is 939. The lowest BCUT2D eigenvalue weighted by Crippen LogP contribution is -2.47. The monoisotopic (exact) mass is 437 g/mol. The number of carbonyl (C=O) groups is 2. The third-order valence-corrected chi connectivity index (χ3v) is 7.06. The molecule has 2 saturated heterocycles. The number of amides is 1. The van der Waals surface area contributed by atoms with E-state index in [0.29, 0.717) is 17.7 Å². The third-order valence-electron chi connectivity index (χ3n) is 7.06. The van der Waals surface area contributed by atoms with Crippen molar-refractivity contribution in [2.24, 2.45) is 0 Å². The molecule has 1 atom stereocenters. The number of nitrogens with zero attached hydrogens (tertiary/aromatic N) is 3.